The average Bonchev–Trinajstić information content (AvgIpc) is 2.87. The van der Waals surface area contributed by atoms with E-state index in [0.717, 1.165) is 11.4 Å². The Kier molecular flexibility index (Phi) is 7.20. The summed E-state index contributed by atoms with van der Waals surface area (Å²) in [6.07, 6.45) is 0. The van der Waals surface area contributed by atoms with Crippen LogP contribution in [0.5, 0.6) is 5.75 Å². The van der Waals surface area contributed by atoms with Crippen molar-refractivity contribution in [2.24, 2.45) is 0 Å². The zero-order chi connectivity index (χ0) is 23.8. The van der Waals surface area contributed by atoms with E-state index in [1.807, 2.05) is 61.5 Å². The van der Waals surface area contributed by atoms with E-state index < -0.39 is 0 Å². The van der Waals surface area contributed by atoms with Crippen LogP contribution < -0.4 is 20.7 Å². The molecule has 6 nitrogen and oxygen atoms in total. The zero-order valence-electron chi connectivity index (χ0n) is 18.7. The molecule has 170 valence electrons. The number of rotatable bonds is 8. The van der Waals surface area contributed by atoms with Gasteiger partial charge in [0.05, 0.1) is 17.9 Å². The second-order valence-corrected chi connectivity index (χ2v) is 7.48. The number of anilines is 4. The smallest absolute Gasteiger partial charge is 0.257 e. The molecule has 4 rings (SSSR count). The normalized spacial score (nSPS) is 10.3. The van der Waals surface area contributed by atoms with Gasteiger partial charge >= 0.3 is 0 Å². The highest BCUT2D eigenvalue weighted by molar-refractivity contribution is 6.12. The molecule has 34 heavy (non-hydrogen) atoms. The number of carbonyl (C=O) groups excluding carboxylic acids is 2. The minimum absolute atomic E-state index is 0.306. The fourth-order valence-corrected chi connectivity index (χ4v) is 3.38. The number of nitrogens with one attached hydrogen (secondary N) is 3. The third-order valence-electron chi connectivity index (χ3n) is 5.05. The predicted octanol–water partition coefficient (Wildman–Crippen LogP) is 6.33. The Hall–Kier alpha value is -4.58. The molecule has 0 heterocycles. The average molecular weight is 452 g/mol. The van der Waals surface area contributed by atoms with Crippen molar-refractivity contribution in [2.45, 2.75) is 6.92 Å². The quantitative estimate of drug-likeness (QED) is 0.292. The van der Waals surface area contributed by atoms with E-state index in [-0.39, 0.29) is 11.8 Å². The van der Waals surface area contributed by atoms with Crippen molar-refractivity contribution in [3.8, 4) is 5.75 Å². The molecular formula is C28H25N3O3. The highest BCUT2D eigenvalue weighted by atomic mass is 16.5. The van der Waals surface area contributed by atoms with Gasteiger partial charge in [-0.05, 0) is 79.7 Å². The summed E-state index contributed by atoms with van der Waals surface area (Å²) < 4.78 is 5.41. The van der Waals surface area contributed by atoms with Crippen molar-refractivity contribution in [3.63, 3.8) is 0 Å². The van der Waals surface area contributed by atoms with Gasteiger partial charge in [0.15, 0.2) is 0 Å². The van der Waals surface area contributed by atoms with E-state index in [2.05, 4.69) is 16.0 Å². The second kappa shape index (κ2) is 10.8. The van der Waals surface area contributed by atoms with E-state index in [9.17, 15) is 9.59 Å². The molecule has 0 aliphatic rings. The van der Waals surface area contributed by atoms with Crippen LogP contribution in [0.15, 0.2) is 103 Å². The first-order valence-electron chi connectivity index (χ1n) is 11.0. The van der Waals surface area contributed by atoms with Crippen LogP contribution in [0, 0.1) is 0 Å². The van der Waals surface area contributed by atoms with Gasteiger partial charge in [-0.2, -0.15) is 0 Å². The topological polar surface area (TPSA) is 79.5 Å². The summed E-state index contributed by atoms with van der Waals surface area (Å²) in [6, 6.07) is 31.0. The molecule has 0 aliphatic carbocycles. The van der Waals surface area contributed by atoms with Crippen molar-refractivity contribution < 1.29 is 14.3 Å². The Bertz CT molecular complexity index is 1250. The van der Waals surface area contributed by atoms with Gasteiger partial charge in [0.1, 0.15) is 5.75 Å². The van der Waals surface area contributed by atoms with Gasteiger partial charge in [-0.3, -0.25) is 9.59 Å². The lowest BCUT2D eigenvalue weighted by Crippen LogP contribution is -2.18. The predicted molar refractivity (Wildman–Crippen MR) is 136 cm³/mol. The Morgan fingerprint density at radius 1 is 0.647 bits per heavy atom. The largest absolute Gasteiger partial charge is 0.494 e. The number of benzene rings is 4. The van der Waals surface area contributed by atoms with Crippen LogP contribution in [0.2, 0.25) is 0 Å². The summed E-state index contributed by atoms with van der Waals surface area (Å²) in [7, 11) is 0. The molecule has 0 aromatic heterocycles. The lowest BCUT2D eigenvalue weighted by molar-refractivity contribution is 0.102. The number of amides is 2. The Morgan fingerprint density at radius 2 is 1.26 bits per heavy atom. The van der Waals surface area contributed by atoms with Crippen molar-refractivity contribution in [2.75, 3.05) is 22.6 Å². The first-order valence-corrected chi connectivity index (χ1v) is 11.0. The first-order chi connectivity index (χ1) is 16.6. The highest BCUT2D eigenvalue weighted by Crippen LogP contribution is 2.22. The van der Waals surface area contributed by atoms with Crippen LogP contribution in [0.25, 0.3) is 0 Å². The number of carbonyl (C=O) groups is 2. The Labute approximate surface area is 198 Å². The van der Waals surface area contributed by atoms with Gasteiger partial charge in [-0.25, -0.2) is 0 Å². The van der Waals surface area contributed by atoms with Crippen LogP contribution in [0.4, 0.5) is 22.7 Å². The third-order valence-corrected chi connectivity index (χ3v) is 5.05. The number of ether oxygens (including phenoxy) is 1. The van der Waals surface area contributed by atoms with Crippen LogP contribution >= 0.6 is 0 Å². The summed E-state index contributed by atoms with van der Waals surface area (Å²) in [6.45, 7) is 2.46. The van der Waals surface area contributed by atoms with Crippen molar-refractivity contribution in [1.82, 2.24) is 0 Å². The summed E-state index contributed by atoms with van der Waals surface area (Å²) in [5.74, 6) is 0.0785. The maximum atomic E-state index is 13.0. The van der Waals surface area contributed by atoms with Gasteiger partial charge in [0.2, 0.25) is 0 Å². The summed E-state index contributed by atoms with van der Waals surface area (Å²) in [5.41, 5.74) is 3.81. The molecule has 4 aromatic carbocycles. The molecule has 0 bridgehead atoms. The van der Waals surface area contributed by atoms with Crippen LogP contribution in [0.1, 0.15) is 27.6 Å². The second-order valence-electron chi connectivity index (χ2n) is 7.48. The minimum Gasteiger partial charge on any atom is -0.494 e. The molecule has 0 saturated carbocycles. The van der Waals surface area contributed by atoms with Crippen LogP contribution in [0.3, 0.4) is 0 Å². The standard InChI is InChI=1S/C28H25N3O3/c1-2-34-24-18-12-20(13-19-24)27(32)31-26-11-7-6-10-25(26)28(33)30-23-16-14-22(15-17-23)29-21-8-4-3-5-9-21/h3-19,29H,2H2,1H3,(H,30,33)(H,31,32). The summed E-state index contributed by atoms with van der Waals surface area (Å²) in [4.78, 5) is 25.7. The van der Waals surface area contributed by atoms with Crippen LogP contribution in [-0.4, -0.2) is 18.4 Å². The van der Waals surface area contributed by atoms with Crippen LogP contribution in [-0.2, 0) is 0 Å². The first kappa shape index (κ1) is 22.6. The molecule has 0 radical (unpaired) electrons. The molecule has 4 aromatic rings. The fourth-order valence-electron chi connectivity index (χ4n) is 3.38. The monoisotopic (exact) mass is 451 g/mol. The maximum absolute atomic E-state index is 13.0. The molecule has 2 amide bonds. The molecule has 0 aliphatic heterocycles. The van der Waals surface area contributed by atoms with E-state index in [4.69, 9.17) is 4.74 Å². The van der Waals surface area contributed by atoms with Gasteiger partial charge < -0.3 is 20.7 Å². The molecular weight excluding hydrogens is 426 g/mol. The van der Waals surface area contributed by atoms with Gasteiger partial charge in [-0.15, -0.1) is 0 Å². The minimum atomic E-state index is -0.314. The molecule has 0 atom stereocenters. The molecule has 6 heteroatoms. The molecule has 0 saturated heterocycles. The zero-order valence-corrected chi connectivity index (χ0v) is 18.7. The molecule has 0 spiro atoms. The van der Waals surface area contributed by atoms with Gasteiger partial charge in [0, 0.05) is 22.6 Å². The lowest BCUT2D eigenvalue weighted by atomic mass is 10.1. The van der Waals surface area contributed by atoms with Gasteiger partial charge in [0.25, 0.3) is 11.8 Å². The summed E-state index contributed by atoms with van der Waals surface area (Å²) in [5, 5.41) is 9.03. The van der Waals surface area contributed by atoms with Crippen molar-refractivity contribution >= 4 is 34.6 Å². The van der Waals surface area contributed by atoms with Crippen molar-refractivity contribution in [1.29, 1.82) is 0 Å². The number of para-hydroxylation sites is 2. The number of hydrogen-bond donors (Lipinski definition) is 3. The lowest BCUT2D eigenvalue weighted by Gasteiger charge is -2.12. The van der Waals surface area contributed by atoms with E-state index >= 15 is 0 Å². The van der Waals surface area contributed by atoms with Gasteiger partial charge in [-0.1, -0.05) is 30.3 Å². The molecule has 3 N–H and O–H groups in total. The Balaban J connectivity index is 1.42. The maximum Gasteiger partial charge on any atom is 0.257 e. The SMILES string of the molecule is CCOc1ccc(C(=O)Nc2ccccc2C(=O)Nc2ccc(Nc3ccccc3)cc2)cc1. The van der Waals surface area contributed by atoms with Crippen molar-refractivity contribution in [3.05, 3.63) is 114 Å². The highest BCUT2D eigenvalue weighted by Gasteiger charge is 2.14. The molecule has 0 unspecified atom stereocenters. The Morgan fingerprint density at radius 3 is 1.97 bits per heavy atom. The van der Waals surface area contributed by atoms with E-state index in [0.29, 0.717) is 34.9 Å². The molecule has 0 fully saturated rings. The van der Waals surface area contributed by atoms with E-state index in [1.165, 1.54) is 0 Å². The number of hydrogen-bond acceptors (Lipinski definition) is 4. The summed E-state index contributed by atoms with van der Waals surface area (Å²) >= 11 is 0. The fraction of sp³-hybridized carbons (Fsp3) is 0.0714. The van der Waals surface area contributed by atoms with E-state index in [1.54, 1.807) is 48.5 Å². The third kappa shape index (κ3) is 5.81.